The molecule has 1 rings (SSSR count). The van der Waals surface area contributed by atoms with Crippen molar-refractivity contribution >= 4 is 11.8 Å². The van der Waals surface area contributed by atoms with E-state index in [9.17, 15) is 14.7 Å². The van der Waals surface area contributed by atoms with Crippen LogP contribution in [0.25, 0.3) is 0 Å². The van der Waals surface area contributed by atoms with Crippen molar-refractivity contribution in [3.63, 3.8) is 0 Å². The normalized spacial score (nSPS) is 18.8. The van der Waals surface area contributed by atoms with Gasteiger partial charge in [-0.25, -0.2) is 0 Å². The van der Waals surface area contributed by atoms with Gasteiger partial charge in [0, 0.05) is 19.5 Å². The minimum atomic E-state index is -0.395. The van der Waals surface area contributed by atoms with E-state index in [-0.39, 0.29) is 23.8 Å². The van der Waals surface area contributed by atoms with Crippen molar-refractivity contribution in [2.24, 2.45) is 5.92 Å². The molecule has 19 heavy (non-hydrogen) atoms. The summed E-state index contributed by atoms with van der Waals surface area (Å²) in [6, 6.07) is -0.355. The van der Waals surface area contributed by atoms with Gasteiger partial charge in [0.05, 0.1) is 6.10 Å². The van der Waals surface area contributed by atoms with Crippen LogP contribution in [-0.4, -0.2) is 47.1 Å². The molecule has 0 aromatic carbocycles. The molecule has 0 aliphatic carbocycles. The lowest BCUT2D eigenvalue weighted by atomic mass is 10.0. The fourth-order valence-electron chi connectivity index (χ4n) is 2.34. The monoisotopic (exact) mass is 270 g/mol. The molecule has 0 aromatic heterocycles. The molecule has 0 saturated carbocycles. The van der Waals surface area contributed by atoms with Gasteiger partial charge in [0.1, 0.15) is 6.04 Å². The molecule has 2 N–H and O–H groups in total. The van der Waals surface area contributed by atoms with Crippen molar-refractivity contribution in [3.05, 3.63) is 0 Å². The van der Waals surface area contributed by atoms with Crippen LogP contribution in [0.2, 0.25) is 0 Å². The number of nitrogens with zero attached hydrogens (tertiary/aromatic N) is 1. The van der Waals surface area contributed by atoms with E-state index in [1.165, 1.54) is 0 Å². The highest BCUT2D eigenvalue weighted by Crippen LogP contribution is 2.16. The number of aliphatic hydroxyl groups excluding tert-OH is 1. The van der Waals surface area contributed by atoms with Gasteiger partial charge in [0.25, 0.3) is 0 Å². The Labute approximate surface area is 115 Å². The maximum atomic E-state index is 12.1. The molecule has 1 aliphatic rings. The molecule has 2 atom stereocenters. The molecule has 5 nitrogen and oxygen atoms in total. The predicted octanol–water partition coefficient (Wildman–Crippen LogP) is 0.911. The molecule has 2 unspecified atom stereocenters. The average molecular weight is 270 g/mol. The zero-order valence-corrected chi connectivity index (χ0v) is 12.2. The molecular formula is C14H26N2O3. The van der Waals surface area contributed by atoms with E-state index < -0.39 is 6.10 Å². The van der Waals surface area contributed by atoms with Gasteiger partial charge < -0.3 is 15.3 Å². The maximum absolute atomic E-state index is 12.1. The summed E-state index contributed by atoms with van der Waals surface area (Å²) in [7, 11) is 0. The van der Waals surface area contributed by atoms with Crippen molar-refractivity contribution in [2.75, 3.05) is 13.1 Å². The number of likely N-dealkylation sites (tertiary alicyclic amines) is 1. The highest BCUT2D eigenvalue weighted by Gasteiger charge is 2.31. The molecular weight excluding hydrogens is 244 g/mol. The number of hydrogen-bond acceptors (Lipinski definition) is 3. The Bertz CT molecular complexity index is 318. The molecule has 1 saturated heterocycles. The van der Waals surface area contributed by atoms with Crippen LogP contribution in [0.1, 0.15) is 46.5 Å². The quantitative estimate of drug-likeness (QED) is 0.722. The number of hydrogen-bond donors (Lipinski definition) is 2. The van der Waals surface area contributed by atoms with Gasteiger partial charge >= 0.3 is 0 Å². The third-order valence-corrected chi connectivity index (χ3v) is 3.68. The molecule has 0 bridgehead atoms. The zero-order valence-electron chi connectivity index (χ0n) is 12.2. The van der Waals surface area contributed by atoms with Gasteiger partial charge in [0.2, 0.25) is 11.8 Å². The van der Waals surface area contributed by atoms with Crippen LogP contribution in [0.5, 0.6) is 0 Å². The fraction of sp³-hybridized carbons (Fsp3) is 0.857. The summed E-state index contributed by atoms with van der Waals surface area (Å²) >= 11 is 0. The third-order valence-electron chi connectivity index (χ3n) is 3.68. The SMILES string of the molecule is CCC(C(=O)NCCC(O)C(C)C)N1CCCC1=O. The summed E-state index contributed by atoms with van der Waals surface area (Å²) in [4.78, 5) is 25.4. The van der Waals surface area contributed by atoms with Gasteiger partial charge in [-0.3, -0.25) is 9.59 Å². The van der Waals surface area contributed by atoms with Crippen LogP contribution in [0.15, 0.2) is 0 Å². The first kappa shape index (κ1) is 16.0. The number of rotatable bonds is 7. The molecule has 2 amide bonds. The maximum Gasteiger partial charge on any atom is 0.242 e. The van der Waals surface area contributed by atoms with Crippen LogP contribution < -0.4 is 5.32 Å². The number of aliphatic hydroxyl groups is 1. The highest BCUT2D eigenvalue weighted by molar-refractivity contribution is 5.88. The van der Waals surface area contributed by atoms with Crippen molar-refractivity contribution in [2.45, 2.75) is 58.6 Å². The summed E-state index contributed by atoms with van der Waals surface area (Å²) < 4.78 is 0. The predicted molar refractivity (Wildman–Crippen MR) is 73.5 cm³/mol. The molecule has 1 heterocycles. The molecule has 0 radical (unpaired) electrons. The lowest BCUT2D eigenvalue weighted by Gasteiger charge is -2.26. The van der Waals surface area contributed by atoms with Crippen LogP contribution in [0.3, 0.4) is 0 Å². The summed E-state index contributed by atoms with van der Waals surface area (Å²) in [5.74, 6) is 0.164. The van der Waals surface area contributed by atoms with E-state index >= 15 is 0 Å². The summed E-state index contributed by atoms with van der Waals surface area (Å²) in [6.45, 7) is 6.95. The highest BCUT2D eigenvalue weighted by atomic mass is 16.3. The molecule has 1 fully saturated rings. The smallest absolute Gasteiger partial charge is 0.242 e. The van der Waals surface area contributed by atoms with Crippen LogP contribution >= 0.6 is 0 Å². The summed E-state index contributed by atoms with van der Waals surface area (Å²) in [6.07, 6.45) is 2.18. The largest absolute Gasteiger partial charge is 0.393 e. The topological polar surface area (TPSA) is 69.6 Å². The Hall–Kier alpha value is -1.10. The lowest BCUT2D eigenvalue weighted by molar-refractivity contribution is -0.137. The zero-order chi connectivity index (χ0) is 14.4. The molecule has 1 aliphatic heterocycles. The van der Waals surface area contributed by atoms with E-state index in [1.54, 1.807) is 4.90 Å². The number of carbonyl (C=O) groups is 2. The van der Waals surface area contributed by atoms with Crippen molar-refractivity contribution in [3.8, 4) is 0 Å². The second-order valence-electron chi connectivity index (χ2n) is 5.51. The van der Waals surface area contributed by atoms with E-state index in [4.69, 9.17) is 0 Å². The van der Waals surface area contributed by atoms with E-state index in [1.807, 2.05) is 20.8 Å². The Morgan fingerprint density at radius 3 is 2.63 bits per heavy atom. The summed E-state index contributed by atoms with van der Waals surface area (Å²) in [5, 5.41) is 12.5. The number of nitrogens with one attached hydrogen (secondary N) is 1. The average Bonchev–Trinajstić information content (AvgIpc) is 2.76. The van der Waals surface area contributed by atoms with Crippen LogP contribution in [-0.2, 0) is 9.59 Å². The lowest BCUT2D eigenvalue weighted by Crippen LogP contribution is -2.47. The van der Waals surface area contributed by atoms with Crippen molar-refractivity contribution < 1.29 is 14.7 Å². The molecule has 5 heteroatoms. The molecule has 110 valence electrons. The van der Waals surface area contributed by atoms with E-state index in [0.717, 1.165) is 6.42 Å². The third kappa shape index (κ3) is 4.49. The number of amides is 2. The molecule has 0 aromatic rings. The van der Waals surface area contributed by atoms with Gasteiger partial charge in [-0.1, -0.05) is 20.8 Å². The van der Waals surface area contributed by atoms with Gasteiger partial charge in [-0.05, 0) is 25.2 Å². The molecule has 0 spiro atoms. The first-order valence-electron chi connectivity index (χ1n) is 7.22. The first-order valence-corrected chi connectivity index (χ1v) is 7.22. The van der Waals surface area contributed by atoms with Gasteiger partial charge in [-0.2, -0.15) is 0 Å². The standard InChI is InChI=1S/C14H26N2O3/c1-4-11(16-9-5-6-13(16)18)14(19)15-8-7-12(17)10(2)3/h10-12,17H,4-9H2,1-3H3,(H,15,19). The van der Waals surface area contributed by atoms with Crippen molar-refractivity contribution in [1.82, 2.24) is 10.2 Å². The Kier molecular flexibility index (Phi) is 6.28. The fourth-order valence-corrected chi connectivity index (χ4v) is 2.34. The second-order valence-corrected chi connectivity index (χ2v) is 5.51. The van der Waals surface area contributed by atoms with Gasteiger partial charge in [-0.15, -0.1) is 0 Å². The van der Waals surface area contributed by atoms with E-state index in [2.05, 4.69) is 5.32 Å². The minimum Gasteiger partial charge on any atom is -0.393 e. The van der Waals surface area contributed by atoms with Crippen LogP contribution in [0.4, 0.5) is 0 Å². The van der Waals surface area contributed by atoms with Gasteiger partial charge in [0.15, 0.2) is 0 Å². The summed E-state index contributed by atoms with van der Waals surface area (Å²) in [5.41, 5.74) is 0. The Morgan fingerprint density at radius 1 is 1.47 bits per heavy atom. The number of carbonyl (C=O) groups excluding carboxylic acids is 2. The Morgan fingerprint density at radius 2 is 2.16 bits per heavy atom. The van der Waals surface area contributed by atoms with E-state index in [0.29, 0.717) is 32.4 Å². The minimum absolute atomic E-state index is 0.0733. The first-order chi connectivity index (χ1) is 8.97. The Balaban J connectivity index is 2.40. The second kappa shape index (κ2) is 7.48. The van der Waals surface area contributed by atoms with Crippen LogP contribution in [0, 0.1) is 5.92 Å². The van der Waals surface area contributed by atoms with Crippen molar-refractivity contribution in [1.29, 1.82) is 0 Å².